The van der Waals surface area contributed by atoms with Crippen LogP contribution in [0, 0.1) is 11.3 Å². The zero-order valence-electron chi connectivity index (χ0n) is 14.0. The van der Waals surface area contributed by atoms with Gasteiger partial charge in [-0.15, -0.1) is 5.10 Å². The third-order valence-electron chi connectivity index (χ3n) is 4.70. The molecule has 0 saturated carbocycles. The quantitative estimate of drug-likeness (QED) is 0.708. The molecule has 0 bridgehead atoms. The SMILES string of the molecule is N#Cc1ccc(S(=O)(=O)N2CCC[C@H](n3nnc4ccccc43)C2)cc1. The van der Waals surface area contributed by atoms with E-state index < -0.39 is 10.0 Å². The van der Waals surface area contributed by atoms with Crippen molar-refractivity contribution in [1.29, 1.82) is 5.26 Å². The lowest BCUT2D eigenvalue weighted by Crippen LogP contribution is -2.40. The summed E-state index contributed by atoms with van der Waals surface area (Å²) in [5.41, 5.74) is 2.16. The molecule has 0 radical (unpaired) electrons. The van der Waals surface area contributed by atoms with Crippen molar-refractivity contribution in [3.8, 4) is 6.07 Å². The van der Waals surface area contributed by atoms with E-state index in [4.69, 9.17) is 5.26 Å². The van der Waals surface area contributed by atoms with Gasteiger partial charge < -0.3 is 0 Å². The number of nitrogens with zero attached hydrogens (tertiary/aromatic N) is 5. The molecule has 0 N–H and O–H groups in total. The molecule has 3 aromatic rings. The van der Waals surface area contributed by atoms with E-state index in [1.807, 2.05) is 35.0 Å². The van der Waals surface area contributed by atoms with E-state index in [1.165, 1.54) is 28.6 Å². The fourth-order valence-electron chi connectivity index (χ4n) is 3.35. The van der Waals surface area contributed by atoms with Crippen molar-refractivity contribution in [2.24, 2.45) is 0 Å². The molecule has 2 heterocycles. The number of para-hydroxylation sites is 1. The van der Waals surface area contributed by atoms with Crippen molar-refractivity contribution in [3.05, 3.63) is 54.1 Å². The van der Waals surface area contributed by atoms with Gasteiger partial charge in [-0.05, 0) is 49.2 Å². The highest BCUT2D eigenvalue weighted by Gasteiger charge is 2.32. The highest BCUT2D eigenvalue weighted by Crippen LogP contribution is 2.28. The van der Waals surface area contributed by atoms with Gasteiger partial charge in [0.1, 0.15) is 5.52 Å². The minimum absolute atomic E-state index is 0.0516. The van der Waals surface area contributed by atoms with Crippen LogP contribution < -0.4 is 0 Å². The lowest BCUT2D eigenvalue weighted by molar-refractivity contribution is 0.255. The molecule has 2 aromatic carbocycles. The molecule has 0 aliphatic carbocycles. The molecule has 1 aromatic heterocycles. The minimum Gasteiger partial charge on any atom is -0.240 e. The molecule has 0 unspecified atom stereocenters. The molecule has 0 spiro atoms. The maximum Gasteiger partial charge on any atom is 0.243 e. The third kappa shape index (κ3) is 2.85. The minimum atomic E-state index is -3.60. The Morgan fingerprint density at radius 2 is 1.88 bits per heavy atom. The van der Waals surface area contributed by atoms with Gasteiger partial charge in [0.05, 0.1) is 28.1 Å². The zero-order valence-corrected chi connectivity index (χ0v) is 14.8. The Bertz CT molecular complexity index is 1080. The van der Waals surface area contributed by atoms with Crippen LogP contribution in [0.2, 0.25) is 0 Å². The summed E-state index contributed by atoms with van der Waals surface area (Å²) in [6.45, 7) is 0.834. The zero-order chi connectivity index (χ0) is 18.1. The topological polar surface area (TPSA) is 91.9 Å². The molecule has 26 heavy (non-hydrogen) atoms. The fraction of sp³-hybridized carbons (Fsp3) is 0.278. The summed E-state index contributed by atoms with van der Waals surface area (Å²) in [6.07, 6.45) is 1.61. The summed E-state index contributed by atoms with van der Waals surface area (Å²) in [5.74, 6) is 0. The molecular weight excluding hydrogens is 350 g/mol. The van der Waals surface area contributed by atoms with Crippen LogP contribution in [-0.2, 0) is 10.0 Å². The van der Waals surface area contributed by atoms with Crippen LogP contribution >= 0.6 is 0 Å². The van der Waals surface area contributed by atoms with E-state index in [0.29, 0.717) is 18.7 Å². The van der Waals surface area contributed by atoms with Crippen LogP contribution in [0.4, 0.5) is 0 Å². The van der Waals surface area contributed by atoms with Gasteiger partial charge in [0.25, 0.3) is 0 Å². The van der Waals surface area contributed by atoms with E-state index >= 15 is 0 Å². The molecule has 7 nitrogen and oxygen atoms in total. The van der Waals surface area contributed by atoms with Crippen LogP contribution in [0.3, 0.4) is 0 Å². The highest BCUT2D eigenvalue weighted by molar-refractivity contribution is 7.89. The van der Waals surface area contributed by atoms with Crippen LogP contribution in [0.1, 0.15) is 24.4 Å². The van der Waals surface area contributed by atoms with E-state index in [-0.39, 0.29) is 10.9 Å². The first kappa shape index (κ1) is 16.7. The standard InChI is InChI=1S/C18H17N5O2S/c19-12-14-7-9-16(10-8-14)26(24,25)22-11-3-4-15(13-22)23-18-6-2-1-5-17(18)20-21-23/h1-2,5-10,15H,3-4,11,13H2/t15-/m0/s1. The number of aromatic nitrogens is 3. The predicted octanol–water partition coefficient (Wildman–Crippen LogP) is 2.33. The first-order chi connectivity index (χ1) is 12.6. The van der Waals surface area contributed by atoms with E-state index in [2.05, 4.69) is 10.3 Å². The lowest BCUT2D eigenvalue weighted by atomic mass is 10.1. The van der Waals surface area contributed by atoms with Crippen molar-refractivity contribution in [1.82, 2.24) is 19.3 Å². The van der Waals surface area contributed by atoms with E-state index in [9.17, 15) is 8.42 Å². The summed E-state index contributed by atoms with van der Waals surface area (Å²) in [4.78, 5) is 0.209. The van der Waals surface area contributed by atoms with Gasteiger partial charge in [-0.1, -0.05) is 17.3 Å². The molecule has 1 fully saturated rings. The van der Waals surface area contributed by atoms with Crippen LogP contribution in [-0.4, -0.2) is 40.8 Å². The first-order valence-electron chi connectivity index (χ1n) is 8.40. The fourth-order valence-corrected chi connectivity index (χ4v) is 4.86. The number of sulfonamides is 1. The molecule has 4 rings (SSSR count). The summed E-state index contributed by atoms with van der Waals surface area (Å²) in [6, 6.07) is 15.7. The Morgan fingerprint density at radius 3 is 2.65 bits per heavy atom. The Balaban J connectivity index is 1.62. The Hall–Kier alpha value is -2.76. The van der Waals surface area contributed by atoms with Crippen molar-refractivity contribution >= 4 is 21.1 Å². The lowest BCUT2D eigenvalue weighted by Gasteiger charge is -2.32. The van der Waals surface area contributed by atoms with Gasteiger partial charge in [-0.2, -0.15) is 9.57 Å². The normalized spacial score (nSPS) is 18.7. The Kier molecular flexibility index (Phi) is 4.18. The van der Waals surface area contributed by atoms with Gasteiger partial charge in [-0.25, -0.2) is 13.1 Å². The smallest absolute Gasteiger partial charge is 0.240 e. The van der Waals surface area contributed by atoms with Gasteiger partial charge in [0.15, 0.2) is 0 Å². The van der Waals surface area contributed by atoms with Gasteiger partial charge in [-0.3, -0.25) is 0 Å². The molecule has 1 aliphatic heterocycles. The summed E-state index contributed by atoms with van der Waals surface area (Å²) < 4.78 is 29.3. The average molecular weight is 367 g/mol. The van der Waals surface area contributed by atoms with Crippen molar-refractivity contribution in [2.75, 3.05) is 13.1 Å². The van der Waals surface area contributed by atoms with E-state index in [0.717, 1.165) is 23.9 Å². The van der Waals surface area contributed by atoms with Crippen LogP contribution in [0.25, 0.3) is 11.0 Å². The summed E-state index contributed by atoms with van der Waals surface area (Å²) >= 11 is 0. The number of nitriles is 1. The molecule has 8 heteroatoms. The van der Waals surface area contributed by atoms with Crippen molar-refractivity contribution in [3.63, 3.8) is 0 Å². The molecule has 1 saturated heterocycles. The molecule has 0 amide bonds. The number of piperidine rings is 1. The number of benzene rings is 2. The molecule has 1 aliphatic rings. The molecule has 1 atom stereocenters. The van der Waals surface area contributed by atoms with Gasteiger partial charge >= 0.3 is 0 Å². The molecular formula is C18H17N5O2S. The van der Waals surface area contributed by atoms with Gasteiger partial charge in [0, 0.05) is 13.1 Å². The summed E-state index contributed by atoms with van der Waals surface area (Å²) in [5, 5.41) is 17.3. The predicted molar refractivity (Wildman–Crippen MR) is 95.7 cm³/mol. The number of hydrogen-bond acceptors (Lipinski definition) is 5. The Labute approximate surface area is 151 Å². The Morgan fingerprint density at radius 1 is 1.12 bits per heavy atom. The number of fused-ring (bicyclic) bond motifs is 1. The monoisotopic (exact) mass is 367 g/mol. The number of hydrogen-bond donors (Lipinski definition) is 0. The molecule has 132 valence electrons. The number of rotatable bonds is 3. The van der Waals surface area contributed by atoms with E-state index in [1.54, 1.807) is 0 Å². The largest absolute Gasteiger partial charge is 0.243 e. The average Bonchev–Trinajstić information content (AvgIpc) is 3.12. The maximum absolute atomic E-state index is 13.0. The first-order valence-corrected chi connectivity index (χ1v) is 9.84. The second-order valence-corrected chi connectivity index (χ2v) is 8.26. The van der Waals surface area contributed by atoms with Crippen molar-refractivity contribution in [2.45, 2.75) is 23.8 Å². The van der Waals surface area contributed by atoms with Crippen molar-refractivity contribution < 1.29 is 8.42 Å². The highest BCUT2D eigenvalue weighted by atomic mass is 32.2. The second-order valence-electron chi connectivity index (χ2n) is 6.32. The second kappa shape index (κ2) is 6.52. The van der Waals surface area contributed by atoms with Crippen LogP contribution in [0.5, 0.6) is 0 Å². The van der Waals surface area contributed by atoms with Crippen LogP contribution in [0.15, 0.2) is 53.4 Å². The maximum atomic E-state index is 13.0. The summed E-state index contributed by atoms with van der Waals surface area (Å²) in [7, 11) is -3.60. The van der Waals surface area contributed by atoms with Gasteiger partial charge in [0.2, 0.25) is 10.0 Å². The third-order valence-corrected chi connectivity index (χ3v) is 6.58.